The van der Waals surface area contributed by atoms with Crippen LogP contribution in [0.1, 0.15) is 41.5 Å². The fourth-order valence-electron chi connectivity index (χ4n) is 3.97. The Bertz CT molecular complexity index is 2110. The average Bonchev–Trinajstić information content (AvgIpc) is 3.01. The third-order valence-corrected chi connectivity index (χ3v) is 6.03. The molecule has 0 saturated carbocycles. The van der Waals surface area contributed by atoms with E-state index in [1.54, 1.807) is 47.6 Å². The van der Waals surface area contributed by atoms with E-state index in [1.807, 2.05) is 0 Å². The number of ether oxygens (including phenoxy) is 4. The number of nitrogens with two attached hydrogens (primary N) is 2. The Morgan fingerprint density at radius 2 is 1.22 bits per heavy atom. The number of aromatic amines is 1. The van der Waals surface area contributed by atoms with E-state index in [4.69, 9.17) is 30.4 Å². The summed E-state index contributed by atoms with van der Waals surface area (Å²) in [5, 5.41) is 4.67. The summed E-state index contributed by atoms with van der Waals surface area (Å²) < 4.78 is 49.7. The van der Waals surface area contributed by atoms with Crippen molar-refractivity contribution in [3.63, 3.8) is 0 Å². The van der Waals surface area contributed by atoms with Gasteiger partial charge >= 0.3 is 12.2 Å². The number of halogens is 2. The van der Waals surface area contributed by atoms with E-state index < -0.39 is 40.6 Å². The Morgan fingerprint density at radius 1 is 0.725 bits per heavy atom. The highest BCUT2D eigenvalue weighted by Gasteiger charge is 2.19. The molecule has 5 aromatic rings. The molecule has 0 radical (unpaired) electrons. The molecule has 0 aliphatic heterocycles. The predicted octanol–water partition coefficient (Wildman–Crippen LogP) is 7.12. The number of carbonyl (C=O) groups excluding carboxylic acids is 2. The molecule has 51 heavy (non-hydrogen) atoms. The number of anilines is 4. The highest BCUT2D eigenvalue weighted by Crippen LogP contribution is 2.32. The highest BCUT2D eigenvalue weighted by atomic mass is 19.1. The lowest BCUT2D eigenvalue weighted by Gasteiger charge is -2.20. The third-order valence-electron chi connectivity index (χ3n) is 6.03. The fourth-order valence-corrected chi connectivity index (χ4v) is 3.97. The van der Waals surface area contributed by atoms with Crippen LogP contribution in [0.3, 0.4) is 0 Å². The van der Waals surface area contributed by atoms with Crippen LogP contribution in [0.5, 0.6) is 23.0 Å². The van der Waals surface area contributed by atoms with Crippen LogP contribution in [0.25, 0.3) is 11.2 Å². The molecular weight excluding hydrogens is 670 g/mol. The molecule has 0 fully saturated rings. The van der Waals surface area contributed by atoms with Gasteiger partial charge in [0.2, 0.25) is 0 Å². The zero-order valence-electron chi connectivity index (χ0n) is 28.5. The van der Waals surface area contributed by atoms with Gasteiger partial charge in [-0.05, 0) is 65.8 Å². The molecule has 15 nitrogen and oxygen atoms in total. The number of hydrogen-bond acceptors (Lipinski definition) is 12. The molecule has 0 aliphatic rings. The van der Waals surface area contributed by atoms with Gasteiger partial charge in [-0.15, -0.1) is 0 Å². The highest BCUT2D eigenvalue weighted by molar-refractivity contribution is 5.86. The van der Waals surface area contributed by atoms with E-state index in [9.17, 15) is 23.2 Å². The number of amides is 2. The molecule has 17 heteroatoms. The first-order valence-electron chi connectivity index (χ1n) is 15.2. The van der Waals surface area contributed by atoms with Crippen LogP contribution in [0.4, 0.5) is 41.2 Å². The maximum absolute atomic E-state index is 14.3. The molecular formula is C34H36F2N8O7. The standard InChI is InChI=1S/C18H17FN4O4.C16H19FN4O3/c1-18(2,3)27-17(25)22-12-5-4-10(8-11(12)19)26-13-6-7-20-16-15(13)21-9-14(24)23-16;1-16(2,3)24-15(22)21-11-5-4-9(8-10(11)17)23-12-6-7-20-14(19)13(12)18/h4-9H,1-3H3,(H,22,25)(H,20,23,24);4-8H,18H2,1-3H3,(H2,19,20)(H,21,22). The van der Waals surface area contributed by atoms with E-state index in [2.05, 4.69) is 30.6 Å². The van der Waals surface area contributed by atoms with Gasteiger partial charge in [0.15, 0.2) is 28.8 Å². The maximum atomic E-state index is 14.3. The summed E-state index contributed by atoms with van der Waals surface area (Å²) in [5.41, 5.74) is 10.2. The number of hydrogen-bond donors (Lipinski definition) is 5. The van der Waals surface area contributed by atoms with Gasteiger partial charge < -0.3 is 35.4 Å². The molecule has 2 aromatic carbocycles. The first-order valence-corrected chi connectivity index (χ1v) is 15.2. The van der Waals surface area contributed by atoms with Crippen LogP contribution in [0, 0.1) is 11.6 Å². The largest absolute Gasteiger partial charge is 0.455 e. The van der Waals surface area contributed by atoms with Gasteiger partial charge in [0.25, 0.3) is 5.56 Å². The second kappa shape index (κ2) is 15.4. The second-order valence-corrected chi connectivity index (χ2v) is 12.6. The minimum Gasteiger partial charge on any atom is -0.455 e. The number of nitrogen functional groups attached to an aromatic ring is 2. The number of pyridine rings is 2. The minimum absolute atomic E-state index is 0.0289. The van der Waals surface area contributed by atoms with Crippen LogP contribution in [-0.2, 0) is 9.47 Å². The van der Waals surface area contributed by atoms with Crippen molar-refractivity contribution in [3.8, 4) is 23.0 Å². The Hall–Kier alpha value is -6.52. The maximum Gasteiger partial charge on any atom is 0.412 e. The lowest BCUT2D eigenvalue weighted by atomic mass is 10.2. The smallest absolute Gasteiger partial charge is 0.412 e. The van der Waals surface area contributed by atoms with Gasteiger partial charge in [-0.25, -0.2) is 33.3 Å². The van der Waals surface area contributed by atoms with Crippen LogP contribution in [-0.4, -0.2) is 43.3 Å². The fraction of sp³-hybridized carbons (Fsp3) is 0.235. The predicted molar refractivity (Wildman–Crippen MR) is 186 cm³/mol. The van der Waals surface area contributed by atoms with E-state index in [0.717, 1.165) is 18.3 Å². The SMILES string of the molecule is CC(C)(C)OC(=O)Nc1ccc(Oc2ccnc(N)c2N)cc1F.CC(C)(C)OC(=O)Nc1ccc(Oc2ccnc3[nH]c(=O)cnc23)cc1F. The number of rotatable bonds is 6. The number of nitrogens with zero attached hydrogens (tertiary/aromatic N) is 3. The minimum atomic E-state index is -0.761. The van der Waals surface area contributed by atoms with Crippen LogP contribution >= 0.6 is 0 Å². The van der Waals surface area contributed by atoms with E-state index in [-0.39, 0.29) is 45.8 Å². The van der Waals surface area contributed by atoms with E-state index in [1.165, 1.54) is 42.7 Å². The Labute approximate surface area is 290 Å². The summed E-state index contributed by atoms with van der Waals surface area (Å²) >= 11 is 0. The van der Waals surface area contributed by atoms with Crippen molar-refractivity contribution >= 4 is 46.2 Å². The summed E-state index contributed by atoms with van der Waals surface area (Å²) in [6, 6.07) is 10.9. The molecule has 3 heterocycles. The molecule has 0 saturated heterocycles. The Kier molecular flexibility index (Phi) is 11.2. The summed E-state index contributed by atoms with van der Waals surface area (Å²) in [7, 11) is 0. The molecule has 0 unspecified atom stereocenters. The van der Waals surface area contributed by atoms with Crippen molar-refractivity contribution in [1.82, 2.24) is 19.9 Å². The normalized spacial score (nSPS) is 11.1. The number of nitrogens with one attached hydrogen (secondary N) is 3. The quantitative estimate of drug-likeness (QED) is 0.119. The molecule has 2 amide bonds. The summed E-state index contributed by atoms with van der Waals surface area (Å²) in [6.45, 7) is 10.3. The number of aromatic nitrogens is 4. The molecule has 0 bridgehead atoms. The van der Waals surface area contributed by atoms with Gasteiger partial charge in [-0.1, -0.05) is 0 Å². The van der Waals surface area contributed by atoms with Crippen molar-refractivity contribution in [1.29, 1.82) is 0 Å². The van der Waals surface area contributed by atoms with Gasteiger partial charge in [0.05, 0.1) is 17.6 Å². The summed E-state index contributed by atoms with van der Waals surface area (Å²) in [6.07, 6.45) is 2.45. The zero-order chi connectivity index (χ0) is 37.5. The molecule has 268 valence electrons. The molecule has 7 N–H and O–H groups in total. The third kappa shape index (κ3) is 11.0. The number of H-pyrrole nitrogens is 1. The number of carbonyl (C=O) groups is 2. The molecule has 3 aromatic heterocycles. The summed E-state index contributed by atoms with van der Waals surface area (Å²) in [4.78, 5) is 49.1. The van der Waals surface area contributed by atoms with Crippen molar-refractivity contribution in [2.45, 2.75) is 52.7 Å². The summed E-state index contributed by atoms with van der Waals surface area (Å²) in [5.74, 6) is -0.325. The van der Waals surface area contributed by atoms with Gasteiger partial charge in [-0.3, -0.25) is 15.4 Å². The Morgan fingerprint density at radius 3 is 1.73 bits per heavy atom. The molecule has 0 aliphatic carbocycles. The van der Waals surface area contributed by atoms with Crippen molar-refractivity contribution in [2.24, 2.45) is 0 Å². The topological polar surface area (TPSA) is 219 Å². The van der Waals surface area contributed by atoms with E-state index >= 15 is 0 Å². The number of benzene rings is 2. The first kappa shape index (κ1) is 37.3. The second-order valence-electron chi connectivity index (χ2n) is 12.6. The van der Waals surface area contributed by atoms with Gasteiger partial charge in [0, 0.05) is 36.7 Å². The lowest BCUT2D eigenvalue weighted by molar-refractivity contribution is 0.0624. The van der Waals surface area contributed by atoms with Crippen LogP contribution in [0.15, 0.2) is 71.9 Å². The van der Waals surface area contributed by atoms with Gasteiger partial charge in [0.1, 0.15) is 39.7 Å². The average molecular weight is 707 g/mol. The van der Waals surface area contributed by atoms with Crippen LogP contribution < -0.4 is 37.1 Å². The molecule has 0 spiro atoms. The monoisotopic (exact) mass is 706 g/mol. The first-order chi connectivity index (χ1) is 23.9. The molecule has 0 atom stereocenters. The van der Waals surface area contributed by atoms with Crippen molar-refractivity contribution < 1.29 is 37.3 Å². The van der Waals surface area contributed by atoms with Gasteiger partial charge in [-0.2, -0.15) is 0 Å². The zero-order valence-corrected chi connectivity index (χ0v) is 28.5. The molecule has 5 rings (SSSR count). The van der Waals surface area contributed by atoms with Crippen molar-refractivity contribution in [3.05, 3.63) is 89.1 Å². The van der Waals surface area contributed by atoms with Crippen molar-refractivity contribution in [2.75, 3.05) is 22.1 Å². The Balaban J connectivity index is 0.000000230. The number of fused-ring (bicyclic) bond motifs is 1. The van der Waals surface area contributed by atoms with E-state index in [0.29, 0.717) is 11.3 Å². The lowest BCUT2D eigenvalue weighted by Crippen LogP contribution is -2.27. The van der Waals surface area contributed by atoms with Crippen LogP contribution in [0.2, 0.25) is 0 Å².